The molecule has 4 heteroatoms. The van der Waals surface area contributed by atoms with Gasteiger partial charge in [0.15, 0.2) is 12.3 Å². The highest BCUT2D eigenvalue weighted by molar-refractivity contribution is 5.94. The Bertz CT molecular complexity index is 386. The minimum absolute atomic E-state index is 0.0199. The molecule has 1 N–H and O–H groups in total. The summed E-state index contributed by atoms with van der Waals surface area (Å²) in [5, 5.41) is 8.99. The molecule has 0 aromatic heterocycles. The van der Waals surface area contributed by atoms with Crippen molar-refractivity contribution in [1.82, 2.24) is 0 Å². The number of allylic oxidation sites excluding steroid dienone is 2. The molecule has 0 fully saturated rings. The molecule has 0 aliphatic carbocycles. The fourth-order valence-corrected chi connectivity index (χ4v) is 1.59. The Labute approximate surface area is 102 Å². The molecule has 0 saturated heterocycles. The summed E-state index contributed by atoms with van der Waals surface area (Å²) in [6.07, 6.45) is 4.58. The van der Waals surface area contributed by atoms with Crippen LogP contribution in [0.2, 0.25) is 0 Å². The van der Waals surface area contributed by atoms with Gasteiger partial charge in [0.05, 0.1) is 0 Å². The molecule has 0 aromatic carbocycles. The number of hydrogen-bond acceptors (Lipinski definition) is 3. The molecule has 94 valence electrons. The van der Waals surface area contributed by atoms with Crippen LogP contribution in [0.25, 0.3) is 0 Å². The fraction of sp³-hybridized carbons (Fsp3) is 0.538. The Kier molecular flexibility index (Phi) is 4.10. The molecule has 17 heavy (non-hydrogen) atoms. The van der Waals surface area contributed by atoms with Crippen molar-refractivity contribution in [2.24, 2.45) is 0 Å². The number of carbonyl (C=O) groups excluding carboxylic acids is 1. The highest BCUT2D eigenvalue weighted by Gasteiger charge is 2.32. The van der Waals surface area contributed by atoms with E-state index in [1.807, 2.05) is 20.8 Å². The molecule has 0 radical (unpaired) electrons. The van der Waals surface area contributed by atoms with E-state index in [2.05, 4.69) is 6.58 Å². The van der Waals surface area contributed by atoms with Gasteiger partial charge in [-0.05, 0) is 26.8 Å². The molecule has 0 atom stereocenters. The zero-order chi connectivity index (χ0) is 13.1. The fourth-order valence-electron chi connectivity index (χ4n) is 1.59. The van der Waals surface area contributed by atoms with Crippen molar-refractivity contribution < 1.29 is 19.2 Å². The number of ether oxygens (including phenoxy) is 1. The molecule has 0 bridgehead atoms. The predicted molar refractivity (Wildman–Crippen MR) is 66.5 cm³/mol. The number of aliphatic hydroxyl groups excluding tert-OH is 1. The number of nitrogens with zero attached hydrogens (tertiary/aromatic N) is 1. The minimum Gasteiger partial charge on any atom is -0.509 e. The Morgan fingerprint density at radius 1 is 1.53 bits per heavy atom. The van der Waals surface area contributed by atoms with E-state index >= 15 is 0 Å². The van der Waals surface area contributed by atoms with Crippen LogP contribution in [0.1, 0.15) is 33.6 Å². The van der Waals surface area contributed by atoms with Crippen molar-refractivity contribution in [3.8, 4) is 0 Å². The van der Waals surface area contributed by atoms with Crippen LogP contribution in [0.5, 0.6) is 0 Å². The van der Waals surface area contributed by atoms with Gasteiger partial charge in [0.1, 0.15) is 11.4 Å². The molecule has 1 amide bonds. The Morgan fingerprint density at radius 2 is 2.18 bits per heavy atom. The van der Waals surface area contributed by atoms with Crippen molar-refractivity contribution in [2.45, 2.75) is 39.2 Å². The van der Waals surface area contributed by atoms with Crippen molar-refractivity contribution in [3.63, 3.8) is 0 Å². The maximum atomic E-state index is 11.9. The van der Waals surface area contributed by atoms with Crippen LogP contribution in [0.15, 0.2) is 24.5 Å². The maximum Gasteiger partial charge on any atom is 0.597 e. The summed E-state index contributed by atoms with van der Waals surface area (Å²) >= 11 is 0. The Hall–Kier alpha value is -1.58. The van der Waals surface area contributed by atoms with E-state index in [4.69, 9.17) is 9.84 Å². The van der Waals surface area contributed by atoms with Gasteiger partial charge >= 0.3 is 6.09 Å². The topological polar surface area (TPSA) is 49.5 Å². The normalized spacial score (nSPS) is 16.6. The lowest BCUT2D eigenvalue weighted by molar-refractivity contribution is -0.441. The van der Waals surface area contributed by atoms with Gasteiger partial charge in [-0.1, -0.05) is 6.58 Å². The maximum absolute atomic E-state index is 11.9. The molecule has 1 heterocycles. The van der Waals surface area contributed by atoms with Crippen LogP contribution in [-0.2, 0) is 4.74 Å². The van der Waals surface area contributed by atoms with Crippen molar-refractivity contribution >= 4 is 11.8 Å². The molecule has 0 spiro atoms. The summed E-state index contributed by atoms with van der Waals surface area (Å²) < 4.78 is 6.91. The summed E-state index contributed by atoms with van der Waals surface area (Å²) in [4.78, 5) is 11.9. The summed E-state index contributed by atoms with van der Waals surface area (Å²) in [5.74, 6) is -0.0199. The van der Waals surface area contributed by atoms with E-state index in [-0.39, 0.29) is 11.9 Å². The average Bonchev–Trinajstić information content (AvgIpc) is 2.59. The lowest BCUT2D eigenvalue weighted by atomic mass is 10.2. The molecule has 0 saturated carbocycles. The van der Waals surface area contributed by atoms with Gasteiger partial charge in [-0.15, -0.1) is 4.58 Å². The lowest BCUT2D eigenvalue weighted by Crippen LogP contribution is -2.31. The van der Waals surface area contributed by atoms with Crippen LogP contribution >= 0.6 is 0 Å². The van der Waals surface area contributed by atoms with Crippen molar-refractivity contribution in [2.75, 3.05) is 6.54 Å². The first-order valence-corrected chi connectivity index (χ1v) is 5.72. The Morgan fingerprint density at radius 3 is 2.71 bits per heavy atom. The third-order valence-electron chi connectivity index (χ3n) is 2.24. The number of hydrogen-bond donors (Lipinski definition) is 1. The molecule has 0 aromatic rings. The average molecular weight is 238 g/mol. The molecule has 1 aliphatic heterocycles. The first-order chi connectivity index (χ1) is 7.79. The van der Waals surface area contributed by atoms with Gasteiger partial charge in [0, 0.05) is 18.9 Å². The molecule has 1 aliphatic rings. The highest BCUT2D eigenvalue weighted by atomic mass is 16.6. The number of amides is 1. The van der Waals surface area contributed by atoms with Crippen LogP contribution < -0.4 is 0 Å². The second-order valence-corrected chi connectivity index (χ2v) is 5.05. The molecular weight excluding hydrogens is 218 g/mol. The Balaban J connectivity index is 2.82. The SMILES string of the molecule is C=C(O)/C=C/C1=[N+](C(=O)OC(C)(C)C)CCC1. The number of rotatable bonds is 2. The van der Waals surface area contributed by atoms with Gasteiger partial charge in [0.2, 0.25) is 0 Å². The van der Waals surface area contributed by atoms with Crippen LogP contribution in [0.4, 0.5) is 4.79 Å². The van der Waals surface area contributed by atoms with Gasteiger partial charge in [-0.25, -0.2) is 0 Å². The van der Waals surface area contributed by atoms with E-state index in [0.29, 0.717) is 6.54 Å². The largest absolute Gasteiger partial charge is 0.597 e. The summed E-state index contributed by atoms with van der Waals surface area (Å²) in [6.45, 7) is 9.54. The van der Waals surface area contributed by atoms with Gasteiger partial charge in [-0.2, -0.15) is 4.79 Å². The van der Waals surface area contributed by atoms with E-state index in [0.717, 1.165) is 18.6 Å². The van der Waals surface area contributed by atoms with E-state index in [1.54, 1.807) is 10.7 Å². The van der Waals surface area contributed by atoms with Crippen LogP contribution in [0, 0.1) is 0 Å². The standard InChI is InChI=1S/C13H19NO3/c1-10(15)7-8-11-6-5-9-14(11)12(16)17-13(2,3)4/h7-8H,1,5-6,9H2,2-4H3/p+1/b8-7+. The summed E-state index contributed by atoms with van der Waals surface area (Å²) in [7, 11) is 0. The minimum atomic E-state index is -0.491. The van der Waals surface area contributed by atoms with E-state index in [1.165, 1.54) is 6.08 Å². The quantitative estimate of drug-likeness (QED) is 0.457. The van der Waals surface area contributed by atoms with Gasteiger partial charge in [-0.3, -0.25) is 0 Å². The zero-order valence-corrected chi connectivity index (χ0v) is 10.7. The summed E-state index contributed by atoms with van der Waals surface area (Å²) in [6, 6.07) is 0. The van der Waals surface area contributed by atoms with E-state index < -0.39 is 5.60 Å². The lowest BCUT2D eigenvalue weighted by Gasteiger charge is -2.16. The third kappa shape index (κ3) is 4.43. The monoisotopic (exact) mass is 238 g/mol. The second kappa shape index (κ2) is 5.17. The van der Waals surface area contributed by atoms with Crippen LogP contribution in [0.3, 0.4) is 0 Å². The summed E-state index contributed by atoms with van der Waals surface area (Å²) in [5.41, 5.74) is 0.365. The number of aliphatic hydroxyl groups is 1. The first-order valence-electron chi connectivity index (χ1n) is 5.72. The molecular formula is C13H20NO3+. The highest BCUT2D eigenvalue weighted by Crippen LogP contribution is 2.13. The predicted octanol–water partition coefficient (Wildman–Crippen LogP) is 2.80. The first kappa shape index (κ1) is 13.5. The molecule has 1 rings (SSSR count). The number of carbonyl (C=O) groups is 1. The van der Waals surface area contributed by atoms with Crippen LogP contribution in [-0.4, -0.2) is 33.6 Å². The zero-order valence-electron chi connectivity index (χ0n) is 10.7. The van der Waals surface area contributed by atoms with Gasteiger partial charge < -0.3 is 9.84 Å². The molecule has 4 nitrogen and oxygen atoms in total. The smallest absolute Gasteiger partial charge is 0.509 e. The van der Waals surface area contributed by atoms with Crippen molar-refractivity contribution in [3.05, 3.63) is 24.5 Å². The van der Waals surface area contributed by atoms with Gasteiger partial charge in [0.25, 0.3) is 0 Å². The third-order valence-corrected chi connectivity index (χ3v) is 2.24. The van der Waals surface area contributed by atoms with Crippen molar-refractivity contribution in [1.29, 1.82) is 0 Å². The second-order valence-electron chi connectivity index (χ2n) is 5.05. The van der Waals surface area contributed by atoms with E-state index in [9.17, 15) is 4.79 Å². The molecule has 0 unspecified atom stereocenters.